The number of rotatable bonds is 3. The number of methoxy groups -OCH3 is 1. The van der Waals surface area contributed by atoms with Gasteiger partial charge in [-0.3, -0.25) is 0 Å². The lowest BCUT2D eigenvalue weighted by molar-refractivity contribution is 0.0698. The molecule has 0 bridgehead atoms. The lowest BCUT2D eigenvalue weighted by Gasteiger charge is -2.11. The van der Waals surface area contributed by atoms with Crippen LogP contribution in [-0.2, 0) is 0 Å². The molecule has 5 nitrogen and oxygen atoms in total. The van der Waals surface area contributed by atoms with Gasteiger partial charge in [0.1, 0.15) is 17.1 Å². The van der Waals surface area contributed by atoms with Gasteiger partial charge in [-0.1, -0.05) is 6.07 Å². The van der Waals surface area contributed by atoms with Crippen molar-refractivity contribution in [2.75, 3.05) is 12.8 Å². The van der Waals surface area contributed by atoms with Gasteiger partial charge in [0.2, 0.25) is 0 Å². The number of carbonyl (C=O) groups is 1. The maximum atomic E-state index is 11.0. The molecule has 0 saturated heterocycles. The summed E-state index contributed by atoms with van der Waals surface area (Å²) in [6.07, 6.45) is 0. The van der Waals surface area contributed by atoms with Crippen LogP contribution in [-0.4, -0.2) is 23.2 Å². The summed E-state index contributed by atoms with van der Waals surface area (Å²) >= 11 is 0. The molecule has 1 aromatic heterocycles. The van der Waals surface area contributed by atoms with E-state index in [9.17, 15) is 4.79 Å². The van der Waals surface area contributed by atoms with E-state index in [4.69, 9.17) is 15.6 Å². The van der Waals surface area contributed by atoms with E-state index in [-0.39, 0.29) is 11.4 Å². The van der Waals surface area contributed by atoms with Crippen LogP contribution in [0.2, 0.25) is 0 Å². The summed E-state index contributed by atoms with van der Waals surface area (Å²) in [6.45, 7) is 3.92. The topological polar surface area (TPSA) is 88.3 Å². The van der Waals surface area contributed by atoms with Gasteiger partial charge in [0, 0.05) is 5.56 Å². The molecule has 1 heterocycles. The molecule has 0 aliphatic rings. The second-order valence-electron chi connectivity index (χ2n) is 4.48. The summed E-state index contributed by atoms with van der Waals surface area (Å²) in [5.74, 6) is -0.198. The first-order valence-corrected chi connectivity index (χ1v) is 5.81. The van der Waals surface area contributed by atoms with Gasteiger partial charge in [0.25, 0.3) is 0 Å². The zero-order valence-corrected chi connectivity index (χ0v) is 11.1. The number of carboxylic acids is 1. The number of aromatic carboxylic acids is 1. The Labute approximate surface area is 111 Å². The van der Waals surface area contributed by atoms with Gasteiger partial charge in [0.05, 0.1) is 12.8 Å². The van der Waals surface area contributed by atoms with E-state index in [2.05, 4.69) is 4.98 Å². The van der Waals surface area contributed by atoms with Crippen LogP contribution in [0, 0.1) is 13.8 Å². The molecule has 0 atom stereocenters. The average Bonchev–Trinajstić information content (AvgIpc) is 2.70. The largest absolute Gasteiger partial charge is 0.496 e. The highest BCUT2D eigenvalue weighted by Gasteiger charge is 2.16. The van der Waals surface area contributed by atoms with Crippen LogP contribution >= 0.6 is 0 Å². The summed E-state index contributed by atoms with van der Waals surface area (Å²) < 4.78 is 5.39. The van der Waals surface area contributed by atoms with E-state index in [1.165, 1.54) is 6.07 Å². The number of benzene rings is 1. The van der Waals surface area contributed by atoms with E-state index in [1.807, 2.05) is 26.0 Å². The van der Waals surface area contributed by atoms with Gasteiger partial charge in [-0.15, -0.1) is 0 Å². The van der Waals surface area contributed by atoms with Crippen LogP contribution < -0.4 is 10.5 Å². The Bertz CT molecular complexity index is 644. The molecular weight excluding hydrogens is 244 g/mol. The minimum atomic E-state index is -1.05. The van der Waals surface area contributed by atoms with Crippen molar-refractivity contribution in [1.82, 2.24) is 4.98 Å². The zero-order valence-electron chi connectivity index (χ0n) is 11.1. The third-order valence-electron chi connectivity index (χ3n) is 2.99. The normalized spacial score (nSPS) is 10.5. The number of hydrogen-bond donors (Lipinski definition) is 3. The molecule has 0 fully saturated rings. The molecule has 0 spiro atoms. The molecule has 2 rings (SSSR count). The molecule has 0 unspecified atom stereocenters. The summed E-state index contributed by atoms with van der Waals surface area (Å²) in [7, 11) is 1.59. The molecule has 1 aromatic carbocycles. The van der Waals surface area contributed by atoms with E-state index < -0.39 is 5.97 Å². The number of nitrogens with two attached hydrogens (primary N) is 1. The van der Waals surface area contributed by atoms with Gasteiger partial charge in [-0.2, -0.15) is 0 Å². The minimum absolute atomic E-state index is 0.0659. The quantitative estimate of drug-likeness (QED) is 0.791. The summed E-state index contributed by atoms with van der Waals surface area (Å²) in [4.78, 5) is 13.9. The number of nitrogens with one attached hydrogen (secondary N) is 1. The number of aryl methyl sites for hydroxylation is 2. The number of aromatic nitrogens is 1. The highest BCUT2D eigenvalue weighted by molar-refractivity contribution is 5.95. The van der Waals surface area contributed by atoms with Gasteiger partial charge < -0.3 is 20.6 Å². The monoisotopic (exact) mass is 260 g/mol. The van der Waals surface area contributed by atoms with Crippen molar-refractivity contribution in [3.63, 3.8) is 0 Å². The number of aromatic amines is 1. The van der Waals surface area contributed by atoms with E-state index in [0.717, 1.165) is 16.7 Å². The van der Waals surface area contributed by atoms with Crippen LogP contribution in [0.3, 0.4) is 0 Å². The third-order valence-corrected chi connectivity index (χ3v) is 2.99. The van der Waals surface area contributed by atoms with E-state index in [1.54, 1.807) is 7.11 Å². The Morgan fingerprint density at radius 2 is 2.00 bits per heavy atom. The SMILES string of the molecule is COc1c(C)cc(C)cc1-c1cc(C(=O)O)c(N)[nH]1. The molecule has 0 aliphatic carbocycles. The fraction of sp³-hybridized carbons (Fsp3) is 0.214. The van der Waals surface area contributed by atoms with Crippen LogP contribution in [0.15, 0.2) is 18.2 Å². The first kappa shape index (κ1) is 13.0. The van der Waals surface area contributed by atoms with Crippen LogP contribution in [0.4, 0.5) is 5.82 Å². The number of H-pyrrole nitrogens is 1. The van der Waals surface area contributed by atoms with E-state index in [0.29, 0.717) is 11.4 Å². The molecule has 0 amide bonds. The van der Waals surface area contributed by atoms with Crippen molar-refractivity contribution in [1.29, 1.82) is 0 Å². The van der Waals surface area contributed by atoms with Crippen molar-refractivity contribution in [2.45, 2.75) is 13.8 Å². The molecule has 0 aliphatic heterocycles. The average molecular weight is 260 g/mol. The fourth-order valence-electron chi connectivity index (χ4n) is 2.22. The van der Waals surface area contributed by atoms with Gasteiger partial charge in [-0.05, 0) is 37.1 Å². The molecule has 2 aromatic rings. The van der Waals surface area contributed by atoms with Crippen molar-refractivity contribution in [3.8, 4) is 17.0 Å². The highest BCUT2D eigenvalue weighted by atomic mass is 16.5. The predicted molar refractivity (Wildman–Crippen MR) is 73.6 cm³/mol. The first-order chi connectivity index (χ1) is 8.93. The molecule has 100 valence electrons. The maximum absolute atomic E-state index is 11.0. The minimum Gasteiger partial charge on any atom is -0.496 e. The van der Waals surface area contributed by atoms with Crippen molar-refractivity contribution >= 4 is 11.8 Å². The summed E-state index contributed by atoms with van der Waals surface area (Å²) in [5.41, 5.74) is 9.23. The third kappa shape index (κ3) is 2.27. The molecule has 0 radical (unpaired) electrons. The lowest BCUT2D eigenvalue weighted by atomic mass is 10.0. The van der Waals surface area contributed by atoms with Crippen molar-refractivity contribution < 1.29 is 14.6 Å². The predicted octanol–water partition coefficient (Wildman–Crippen LogP) is 2.59. The number of carboxylic acid groups (broad SMARTS) is 1. The van der Waals surface area contributed by atoms with Crippen LogP contribution in [0.25, 0.3) is 11.3 Å². The second-order valence-corrected chi connectivity index (χ2v) is 4.48. The Kier molecular flexibility index (Phi) is 3.21. The summed E-state index contributed by atoms with van der Waals surface area (Å²) in [6, 6.07) is 5.46. The van der Waals surface area contributed by atoms with Crippen LogP contribution in [0.5, 0.6) is 5.75 Å². The Morgan fingerprint density at radius 1 is 1.32 bits per heavy atom. The number of nitrogen functional groups attached to an aromatic ring is 1. The van der Waals surface area contributed by atoms with E-state index >= 15 is 0 Å². The Hall–Kier alpha value is -2.43. The molecule has 0 saturated carbocycles. The molecular formula is C14H16N2O3. The molecule has 5 heteroatoms. The second kappa shape index (κ2) is 4.68. The summed E-state index contributed by atoms with van der Waals surface area (Å²) in [5, 5.41) is 9.03. The fourth-order valence-corrected chi connectivity index (χ4v) is 2.22. The highest BCUT2D eigenvalue weighted by Crippen LogP contribution is 2.35. The number of anilines is 1. The Morgan fingerprint density at radius 3 is 2.53 bits per heavy atom. The number of ether oxygens (including phenoxy) is 1. The van der Waals surface area contributed by atoms with Crippen molar-refractivity contribution in [2.24, 2.45) is 0 Å². The number of hydrogen-bond acceptors (Lipinski definition) is 3. The lowest BCUT2D eigenvalue weighted by Crippen LogP contribution is -1.98. The van der Waals surface area contributed by atoms with Crippen molar-refractivity contribution in [3.05, 3.63) is 34.9 Å². The smallest absolute Gasteiger partial charge is 0.339 e. The standard InChI is InChI=1S/C14H16N2O3/c1-7-4-8(2)12(19-3)9(5-7)11-6-10(14(17)18)13(15)16-11/h4-6,16H,15H2,1-3H3,(H,17,18). The van der Waals surface area contributed by atoms with Crippen LogP contribution in [0.1, 0.15) is 21.5 Å². The molecule has 19 heavy (non-hydrogen) atoms. The zero-order chi connectivity index (χ0) is 14.2. The van der Waals surface area contributed by atoms with Gasteiger partial charge in [0.15, 0.2) is 0 Å². The van der Waals surface area contributed by atoms with Gasteiger partial charge in [-0.25, -0.2) is 4.79 Å². The van der Waals surface area contributed by atoms with Gasteiger partial charge >= 0.3 is 5.97 Å². The first-order valence-electron chi connectivity index (χ1n) is 5.81. The maximum Gasteiger partial charge on any atom is 0.339 e. The molecule has 4 N–H and O–H groups in total. The Balaban J connectivity index is 2.64.